The van der Waals surface area contributed by atoms with E-state index >= 15 is 0 Å². The van der Waals surface area contributed by atoms with Crippen LogP contribution in [0.5, 0.6) is 5.75 Å². The third kappa shape index (κ3) is 3.38. The van der Waals surface area contributed by atoms with Gasteiger partial charge >= 0.3 is 0 Å². The normalized spacial score (nSPS) is 12.7. The van der Waals surface area contributed by atoms with Crippen LogP contribution in [0.3, 0.4) is 0 Å². The van der Waals surface area contributed by atoms with E-state index in [2.05, 4.69) is 73.7 Å². The quantitative estimate of drug-likeness (QED) is 0.468. The zero-order chi connectivity index (χ0) is 18.6. The first kappa shape index (κ1) is 17.8. The van der Waals surface area contributed by atoms with E-state index in [1.807, 2.05) is 0 Å². The van der Waals surface area contributed by atoms with Gasteiger partial charge in [0, 0.05) is 5.92 Å². The molecular weight excluding hydrogens is 332 g/mol. The van der Waals surface area contributed by atoms with Gasteiger partial charge in [0.05, 0.1) is 6.61 Å². The highest BCUT2D eigenvalue weighted by atomic mass is 16.5. The Bertz CT molecular complexity index is 884. The van der Waals surface area contributed by atoms with E-state index in [0.717, 1.165) is 25.0 Å². The van der Waals surface area contributed by atoms with E-state index in [0.29, 0.717) is 6.61 Å². The number of aliphatic hydroxyl groups is 1. The predicted octanol–water partition coefficient (Wildman–Crippen LogP) is 5.56. The summed E-state index contributed by atoms with van der Waals surface area (Å²) in [5.74, 6) is 1.17. The molecule has 138 valence electrons. The minimum atomic E-state index is 0.0400. The summed E-state index contributed by atoms with van der Waals surface area (Å²) in [5.41, 5.74) is 8.00. The van der Waals surface area contributed by atoms with Gasteiger partial charge in [0.1, 0.15) is 12.4 Å². The van der Waals surface area contributed by atoms with Crippen molar-refractivity contribution in [2.24, 2.45) is 0 Å². The molecule has 1 N–H and O–H groups in total. The number of hydrogen-bond acceptors (Lipinski definition) is 2. The van der Waals surface area contributed by atoms with Crippen LogP contribution in [0.15, 0.2) is 66.7 Å². The van der Waals surface area contributed by atoms with Crippen LogP contribution in [0.25, 0.3) is 11.1 Å². The molecule has 0 heterocycles. The molecule has 0 aromatic heterocycles. The van der Waals surface area contributed by atoms with Gasteiger partial charge in [-0.05, 0) is 52.3 Å². The minimum Gasteiger partial charge on any atom is -0.491 e. The number of ether oxygens (including phenoxy) is 1. The topological polar surface area (TPSA) is 29.5 Å². The highest BCUT2D eigenvalue weighted by Gasteiger charge is 2.29. The van der Waals surface area contributed by atoms with Crippen LogP contribution in [-0.2, 0) is 6.42 Å². The Hall–Kier alpha value is -2.58. The molecule has 0 amide bonds. The lowest BCUT2D eigenvalue weighted by atomic mass is 9.88. The molecule has 3 aromatic carbocycles. The van der Waals surface area contributed by atoms with Crippen LogP contribution in [0.2, 0.25) is 0 Å². The zero-order valence-electron chi connectivity index (χ0n) is 15.8. The maximum absolute atomic E-state index is 9.12. The summed E-state index contributed by atoms with van der Waals surface area (Å²) in [6.45, 7) is 2.59. The number of hydrogen-bond donors (Lipinski definition) is 1. The fourth-order valence-corrected chi connectivity index (χ4v) is 4.15. The fourth-order valence-electron chi connectivity index (χ4n) is 4.15. The Morgan fingerprint density at radius 3 is 2.19 bits per heavy atom. The van der Waals surface area contributed by atoms with Crippen LogP contribution < -0.4 is 4.74 Å². The number of fused-ring (bicyclic) bond motifs is 3. The highest BCUT2D eigenvalue weighted by Crippen LogP contribution is 2.48. The van der Waals surface area contributed by atoms with Crippen LogP contribution in [-0.4, -0.2) is 18.3 Å². The Kier molecular flexibility index (Phi) is 5.26. The van der Waals surface area contributed by atoms with E-state index in [4.69, 9.17) is 9.84 Å². The van der Waals surface area contributed by atoms with Crippen LogP contribution in [0.4, 0.5) is 0 Å². The van der Waals surface area contributed by atoms with Gasteiger partial charge in [-0.1, -0.05) is 74.0 Å². The van der Waals surface area contributed by atoms with Crippen molar-refractivity contribution in [3.63, 3.8) is 0 Å². The lowest BCUT2D eigenvalue weighted by Gasteiger charge is -2.18. The molecular formula is C25H26O2. The highest BCUT2D eigenvalue weighted by molar-refractivity contribution is 5.80. The molecule has 1 aliphatic carbocycles. The monoisotopic (exact) mass is 358 g/mol. The van der Waals surface area contributed by atoms with Crippen molar-refractivity contribution in [3.8, 4) is 16.9 Å². The SMILES string of the molecule is CCCCc1cc(C2c3ccccc3-c3ccccc32)ccc1OCCO. The number of rotatable bonds is 7. The van der Waals surface area contributed by atoms with Crippen LogP contribution in [0, 0.1) is 0 Å². The summed E-state index contributed by atoms with van der Waals surface area (Å²) in [6, 6.07) is 24.0. The average Bonchev–Trinajstić information content (AvgIpc) is 3.05. The lowest BCUT2D eigenvalue weighted by molar-refractivity contribution is 0.200. The molecule has 4 rings (SSSR count). The van der Waals surface area contributed by atoms with Crippen LogP contribution >= 0.6 is 0 Å². The maximum atomic E-state index is 9.12. The second kappa shape index (κ2) is 7.98. The molecule has 0 saturated heterocycles. The molecule has 2 nitrogen and oxygen atoms in total. The van der Waals surface area contributed by atoms with Crippen molar-refractivity contribution in [2.45, 2.75) is 32.1 Å². The van der Waals surface area contributed by atoms with Gasteiger partial charge in [-0.15, -0.1) is 0 Å². The summed E-state index contributed by atoms with van der Waals surface area (Å²) < 4.78 is 5.79. The molecule has 0 bridgehead atoms. The predicted molar refractivity (Wildman–Crippen MR) is 110 cm³/mol. The second-order valence-corrected chi connectivity index (χ2v) is 7.15. The van der Waals surface area contributed by atoms with E-state index in [1.165, 1.54) is 33.4 Å². The van der Waals surface area contributed by atoms with Gasteiger partial charge in [-0.2, -0.15) is 0 Å². The maximum Gasteiger partial charge on any atom is 0.122 e. The smallest absolute Gasteiger partial charge is 0.122 e. The van der Waals surface area contributed by atoms with Crippen molar-refractivity contribution in [2.75, 3.05) is 13.2 Å². The van der Waals surface area contributed by atoms with Gasteiger partial charge in [0.25, 0.3) is 0 Å². The molecule has 0 fully saturated rings. The summed E-state index contributed by atoms with van der Waals surface area (Å²) in [4.78, 5) is 0. The van der Waals surface area contributed by atoms with E-state index in [-0.39, 0.29) is 12.5 Å². The first-order valence-electron chi connectivity index (χ1n) is 9.88. The average molecular weight is 358 g/mol. The van der Waals surface area contributed by atoms with Crippen molar-refractivity contribution < 1.29 is 9.84 Å². The standard InChI is InChI=1S/C25H26O2/c1-2-3-8-18-17-19(13-14-24(18)27-16-15-26)25-22-11-6-4-9-20(22)21-10-5-7-12-23(21)25/h4-7,9-14,17,25-26H,2-3,8,15-16H2,1H3. The first-order valence-corrected chi connectivity index (χ1v) is 9.88. The van der Waals surface area contributed by atoms with Crippen LogP contribution in [0.1, 0.15) is 47.9 Å². The Morgan fingerprint density at radius 1 is 0.889 bits per heavy atom. The molecule has 0 spiro atoms. The fraction of sp³-hybridized carbons (Fsp3) is 0.280. The molecule has 0 radical (unpaired) electrons. The molecule has 2 heteroatoms. The third-order valence-electron chi connectivity index (χ3n) is 5.40. The first-order chi connectivity index (χ1) is 13.3. The second-order valence-electron chi connectivity index (χ2n) is 7.15. The van der Waals surface area contributed by atoms with E-state index in [1.54, 1.807) is 0 Å². The molecule has 1 aliphatic rings. The molecule has 0 saturated carbocycles. The van der Waals surface area contributed by atoms with Gasteiger partial charge in [0.2, 0.25) is 0 Å². The van der Waals surface area contributed by atoms with Gasteiger partial charge < -0.3 is 9.84 Å². The number of aryl methyl sites for hydroxylation is 1. The Labute approximate surface area is 161 Å². The summed E-state index contributed by atoms with van der Waals surface area (Å²) in [7, 11) is 0. The molecule has 0 aliphatic heterocycles. The van der Waals surface area contributed by atoms with Crippen molar-refractivity contribution in [3.05, 3.63) is 89.0 Å². The molecule has 0 unspecified atom stereocenters. The van der Waals surface area contributed by atoms with Gasteiger partial charge in [-0.25, -0.2) is 0 Å². The summed E-state index contributed by atoms with van der Waals surface area (Å²) >= 11 is 0. The number of aliphatic hydroxyl groups excluding tert-OH is 1. The molecule has 3 aromatic rings. The minimum absolute atomic E-state index is 0.0400. The largest absolute Gasteiger partial charge is 0.491 e. The Morgan fingerprint density at radius 2 is 1.56 bits per heavy atom. The summed E-state index contributed by atoms with van der Waals surface area (Å²) in [5, 5.41) is 9.12. The van der Waals surface area contributed by atoms with Crippen molar-refractivity contribution >= 4 is 0 Å². The van der Waals surface area contributed by atoms with Gasteiger partial charge in [-0.3, -0.25) is 0 Å². The Balaban J connectivity index is 1.78. The zero-order valence-corrected chi connectivity index (χ0v) is 15.8. The van der Waals surface area contributed by atoms with Crippen molar-refractivity contribution in [1.29, 1.82) is 0 Å². The molecule has 0 atom stereocenters. The van der Waals surface area contributed by atoms with E-state index < -0.39 is 0 Å². The van der Waals surface area contributed by atoms with E-state index in [9.17, 15) is 0 Å². The molecule has 27 heavy (non-hydrogen) atoms. The van der Waals surface area contributed by atoms with Crippen molar-refractivity contribution in [1.82, 2.24) is 0 Å². The van der Waals surface area contributed by atoms with Gasteiger partial charge in [0.15, 0.2) is 0 Å². The summed E-state index contributed by atoms with van der Waals surface area (Å²) in [6.07, 6.45) is 3.29. The number of unbranched alkanes of at least 4 members (excludes halogenated alkanes) is 1. The third-order valence-corrected chi connectivity index (χ3v) is 5.40. The lowest BCUT2D eigenvalue weighted by Crippen LogP contribution is -2.06. The number of benzene rings is 3.